The molecule has 0 atom stereocenters. The zero-order chi connectivity index (χ0) is 17.4. The summed E-state index contributed by atoms with van der Waals surface area (Å²) in [4.78, 5) is 14.5. The molecule has 0 aromatic heterocycles. The summed E-state index contributed by atoms with van der Waals surface area (Å²) >= 11 is 1.38. The molecular formula is C18H26N2O2S. The number of nitrogens with zero attached hydrogens (tertiary/aromatic N) is 1. The number of hydrogen-bond acceptors (Lipinski definition) is 4. The first-order chi connectivity index (χ1) is 10.8. The molecule has 1 amide bonds. The van der Waals surface area contributed by atoms with Gasteiger partial charge in [-0.15, -0.1) is 0 Å². The van der Waals surface area contributed by atoms with E-state index < -0.39 is 0 Å². The van der Waals surface area contributed by atoms with Gasteiger partial charge in [0.25, 0.3) is 5.91 Å². The van der Waals surface area contributed by atoms with Crippen LogP contribution in [0.4, 0.5) is 0 Å². The molecule has 0 saturated carbocycles. The number of carbonyl (C=O) groups excluding carboxylic acids is 1. The highest BCUT2D eigenvalue weighted by molar-refractivity contribution is 8.05. The Morgan fingerprint density at radius 2 is 2.09 bits per heavy atom. The van der Waals surface area contributed by atoms with Crippen LogP contribution in [0.25, 0.3) is 0 Å². The number of rotatable bonds is 8. The van der Waals surface area contributed by atoms with Gasteiger partial charge < -0.3 is 15.0 Å². The highest BCUT2D eigenvalue weighted by Crippen LogP contribution is 2.21. The number of nitrogens with one attached hydrogen (secondary N) is 1. The number of hydrogen-bond donors (Lipinski definition) is 1. The number of benzene rings is 1. The largest absolute Gasteiger partial charge is 0.491 e. The quantitative estimate of drug-likeness (QED) is 0.780. The lowest BCUT2D eigenvalue weighted by atomic mass is 10.1. The summed E-state index contributed by atoms with van der Waals surface area (Å²) in [5.74, 6) is 0.525. The molecule has 0 unspecified atom stereocenters. The molecular weight excluding hydrogens is 308 g/mol. The van der Waals surface area contributed by atoms with Crippen LogP contribution in [0.1, 0.15) is 36.7 Å². The predicted octanol–water partition coefficient (Wildman–Crippen LogP) is 4.00. The van der Waals surface area contributed by atoms with Crippen molar-refractivity contribution in [2.75, 3.05) is 14.1 Å². The van der Waals surface area contributed by atoms with Gasteiger partial charge in [-0.05, 0) is 64.0 Å². The summed E-state index contributed by atoms with van der Waals surface area (Å²) in [6.07, 6.45) is 1.95. The van der Waals surface area contributed by atoms with Crippen LogP contribution >= 0.6 is 11.8 Å². The van der Waals surface area contributed by atoms with Gasteiger partial charge in [-0.25, -0.2) is 0 Å². The molecule has 0 fully saturated rings. The van der Waals surface area contributed by atoms with E-state index in [2.05, 4.69) is 16.8 Å². The molecule has 0 bridgehead atoms. The van der Waals surface area contributed by atoms with Crippen molar-refractivity contribution >= 4 is 17.7 Å². The fourth-order valence-electron chi connectivity index (χ4n) is 1.97. The molecule has 23 heavy (non-hydrogen) atoms. The van der Waals surface area contributed by atoms with E-state index in [1.54, 1.807) is 6.07 Å². The first kappa shape index (κ1) is 19.3. The first-order valence-electron chi connectivity index (χ1n) is 7.55. The molecule has 1 aromatic rings. The third-order valence-corrected chi connectivity index (χ3v) is 3.49. The van der Waals surface area contributed by atoms with Gasteiger partial charge in [0.05, 0.1) is 11.1 Å². The van der Waals surface area contributed by atoms with Crippen molar-refractivity contribution in [3.63, 3.8) is 0 Å². The van der Waals surface area contributed by atoms with Gasteiger partial charge in [0.15, 0.2) is 0 Å². The van der Waals surface area contributed by atoms with Crippen LogP contribution in [0.15, 0.2) is 41.3 Å². The molecule has 1 aromatic carbocycles. The molecule has 1 rings (SSSR count). The molecule has 0 heterocycles. The van der Waals surface area contributed by atoms with Crippen molar-refractivity contribution in [3.8, 4) is 5.75 Å². The Bertz CT molecular complexity index is 552. The van der Waals surface area contributed by atoms with Crippen molar-refractivity contribution in [1.82, 2.24) is 10.2 Å². The number of carbonyl (C=O) groups is 1. The smallest absolute Gasteiger partial charge is 0.256 e. The fourth-order valence-corrected chi connectivity index (χ4v) is 2.42. The second-order valence-corrected chi connectivity index (χ2v) is 6.74. The highest BCUT2D eigenvalue weighted by Gasteiger charge is 2.12. The standard InChI is InChI=1S/C18H26N2O2S/c1-7-8-23-14(4)19-18(21)16-9-15(12-20(5)6)10-17(11-16)22-13(2)3/h7-11,13H,4,12H2,1-3,5-6H3,(H,19,21)/b8-7-. The van der Waals surface area contributed by atoms with E-state index in [0.29, 0.717) is 16.3 Å². The van der Waals surface area contributed by atoms with E-state index >= 15 is 0 Å². The Morgan fingerprint density at radius 1 is 1.39 bits per heavy atom. The van der Waals surface area contributed by atoms with Gasteiger partial charge in [0.1, 0.15) is 5.75 Å². The van der Waals surface area contributed by atoms with E-state index in [1.165, 1.54) is 11.8 Å². The van der Waals surface area contributed by atoms with E-state index in [-0.39, 0.29) is 12.0 Å². The van der Waals surface area contributed by atoms with Crippen molar-refractivity contribution < 1.29 is 9.53 Å². The second kappa shape index (κ2) is 9.43. The number of thioether (sulfide) groups is 1. The van der Waals surface area contributed by atoms with E-state index in [4.69, 9.17) is 4.74 Å². The van der Waals surface area contributed by atoms with Crippen molar-refractivity contribution in [2.24, 2.45) is 0 Å². The lowest BCUT2D eigenvalue weighted by molar-refractivity contribution is 0.0968. The van der Waals surface area contributed by atoms with Gasteiger partial charge in [0.2, 0.25) is 0 Å². The van der Waals surface area contributed by atoms with Crippen LogP contribution in [-0.4, -0.2) is 31.0 Å². The summed E-state index contributed by atoms with van der Waals surface area (Å²) in [6.45, 7) is 10.4. The van der Waals surface area contributed by atoms with Crippen LogP contribution in [0.5, 0.6) is 5.75 Å². The van der Waals surface area contributed by atoms with Crippen LogP contribution in [0.2, 0.25) is 0 Å². The number of allylic oxidation sites excluding steroid dienone is 1. The highest BCUT2D eigenvalue weighted by atomic mass is 32.2. The summed E-state index contributed by atoms with van der Waals surface area (Å²) < 4.78 is 5.76. The molecule has 0 aliphatic rings. The minimum atomic E-state index is -0.179. The Kier molecular flexibility index (Phi) is 7.92. The van der Waals surface area contributed by atoms with E-state index in [1.807, 2.05) is 58.5 Å². The molecule has 0 spiro atoms. The van der Waals surface area contributed by atoms with Gasteiger partial charge in [-0.1, -0.05) is 24.4 Å². The van der Waals surface area contributed by atoms with Crippen molar-refractivity contribution in [2.45, 2.75) is 33.4 Å². The Hall–Kier alpha value is -1.72. The summed E-state index contributed by atoms with van der Waals surface area (Å²) in [5.41, 5.74) is 1.60. The maximum Gasteiger partial charge on any atom is 0.256 e. The maximum absolute atomic E-state index is 12.4. The van der Waals surface area contributed by atoms with E-state index in [9.17, 15) is 4.79 Å². The minimum absolute atomic E-state index is 0.0562. The van der Waals surface area contributed by atoms with Crippen LogP contribution in [0, 0.1) is 0 Å². The number of amides is 1. The summed E-state index contributed by atoms with van der Waals surface area (Å²) in [5, 5.41) is 5.27. The lowest BCUT2D eigenvalue weighted by Crippen LogP contribution is -2.21. The first-order valence-corrected chi connectivity index (χ1v) is 8.43. The summed E-state index contributed by atoms with van der Waals surface area (Å²) in [7, 11) is 3.98. The monoisotopic (exact) mass is 334 g/mol. The van der Waals surface area contributed by atoms with Crippen LogP contribution in [-0.2, 0) is 6.54 Å². The zero-order valence-electron chi connectivity index (χ0n) is 14.6. The zero-order valence-corrected chi connectivity index (χ0v) is 15.4. The molecule has 4 nitrogen and oxygen atoms in total. The average Bonchev–Trinajstić information content (AvgIpc) is 2.43. The molecule has 5 heteroatoms. The van der Waals surface area contributed by atoms with E-state index in [0.717, 1.165) is 12.1 Å². The Labute approximate surface area is 143 Å². The minimum Gasteiger partial charge on any atom is -0.491 e. The predicted molar refractivity (Wildman–Crippen MR) is 98.6 cm³/mol. The third kappa shape index (κ3) is 7.39. The Morgan fingerprint density at radius 3 is 2.65 bits per heavy atom. The van der Waals surface area contributed by atoms with Crippen LogP contribution < -0.4 is 10.1 Å². The topological polar surface area (TPSA) is 41.6 Å². The Balaban J connectivity index is 2.98. The van der Waals surface area contributed by atoms with Crippen molar-refractivity contribution in [1.29, 1.82) is 0 Å². The number of ether oxygens (including phenoxy) is 1. The molecule has 1 N–H and O–H groups in total. The second-order valence-electron chi connectivity index (χ2n) is 5.73. The molecule has 126 valence electrons. The van der Waals surface area contributed by atoms with Gasteiger partial charge in [0, 0.05) is 12.1 Å². The van der Waals surface area contributed by atoms with Gasteiger partial charge >= 0.3 is 0 Å². The summed E-state index contributed by atoms with van der Waals surface area (Å²) in [6, 6.07) is 5.62. The normalized spacial score (nSPS) is 11.3. The average molecular weight is 334 g/mol. The van der Waals surface area contributed by atoms with Crippen molar-refractivity contribution in [3.05, 3.63) is 52.4 Å². The van der Waals surface area contributed by atoms with Crippen LogP contribution in [0.3, 0.4) is 0 Å². The SMILES string of the molecule is C=C(NC(=O)c1cc(CN(C)C)cc(OC(C)C)c1)S/C=C\C. The lowest BCUT2D eigenvalue weighted by Gasteiger charge is -2.16. The van der Waals surface area contributed by atoms with Gasteiger partial charge in [-0.2, -0.15) is 0 Å². The van der Waals surface area contributed by atoms with Gasteiger partial charge in [-0.3, -0.25) is 4.79 Å². The molecule has 0 aliphatic heterocycles. The fraction of sp³-hybridized carbons (Fsp3) is 0.389. The third-order valence-electron chi connectivity index (χ3n) is 2.70. The molecule has 0 radical (unpaired) electrons. The maximum atomic E-state index is 12.4. The molecule has 0 saturated heterocycles. The molecule has 0 aliphatic carbocycles.